The van der Waals surface area contributed by atoms with Crippen molar-refractivity contribution in [2.75, 3.05) is 44.4 Å². The number of nitrogens with zero attached hydrogens (tertiary/aromatic N) is 3. The van der Waals surface area contributed by atoms with Crippen molar-refractivity contribution in [3.05, 3.63) is 27.3 Å². The zero-order valence-corrected chi connectivity index (χ0v) is 19.4. The number of nitrogens with one attached hydrogen (secondary N) is 1. The molecule has 0 aromatic carbocycles. The molecular weight excluding hydrogens is 429 g/mol. The second-order valence-corrected chi connectivity index (χ2v) is 9.61. The van der Waals surface area contributed by atoms with Crippen molar-refractivity contribution in [3.8, 4) is 0 Å². The number of hydrogen-bond donors (Lipinski definition) is 3. The van der Waals surface area contributed by atoms with E-state index in [1.54, 1.807) is 7.11 Å². The molecule has 0 unspecified atom stereocenters. The van der Waals surface area contributed by atoms with E-state index < -0.39 is 29.2 Å². The predicted molar refractivity (Wildman–Crippen MR) is 124 cm³/mol. The van der Waals surface area contributed by atoms with Gasteiger partial charge in [-0.3, -0.25) is 9.59 Å². The standard InChI is InChI=1S/C23H32FN5O4/c1-23(2)7-4-15-14(12-16(30)31)20(32)17-19(25)18(24)21(27-22(17)29(15)23)26-13-5-8-28(9-6-13)10-11-33-3/h13H,4-12H2,1-3H3,(H,30,31)(H3,25,26,27). The van der Waals surface area contributed by atoms with Crippen LogP contribution >= 0.6 is 0 Å². The number of halogens is 1. The second-order valence-electron chi connectivity index (χ2n) is 9.61. The number of pyridine rings is 2. The average Bonchev–Trinajstić information content (AvgIpc) is 3.08. The zero-order valence-electron chi connectivity index (χ0n) is 19.4. The van der Waals surface area contributed by atoms with Crippen LogP contribution in [-0.2, 0) is 27.9 Å². The highest BCUT2D eigenvalue weighted by Gasteiger charge is 2.36. The summed E-state index contributed by atoms with van der Waals surface area (Å²) in [7, 11) is 1.68. The van der Waals surface area contributed by atoms with Gasteiger partial charge in [0.05, 0.1) is 24.1 Å². The van der Waals surface area contributed by atoms with Gasteiger partial charge in [0, 0.05) is 49.6 Å². The Hall–Kier alpha value is -2.72. The van der Waals surface area contributed by atoms with Crippen molar-refractivity contribution in [2.45, 2.75) is 57.5 Å². The molecule has 9 nitrogen and oxygen atoms in total. The minimum absolute atomic E-state index is 0.0340. The van der Waals surface area contributed by atoms with Gasteiger partial charge in [-0.1, -0.05) is 0 Å². The highest BCUT2D eigenvalue weighted by molar-refractivity contribution is 5.92. The maximum atomic E-state index is 15.3. The Bertz CT molecular complexity index is 1140. The van der Waals surface area contributed by atoms with Gasteiger partial charge in [-0.15, -0.1) is 0 Å². The summed E-state index contributed by atoms with van der Waals surface area (Å²) in [5.41, 5.74) is 6.04. The first-order valence-corrected chi connectivity index (χ1v) is 11.4. The number of anilines is 2. The lowest BCUT2D eigenvalue weighted by Gasteiger charge is -2.32. The molecule has 4 N–H and O–H groups in total. The molecule has 4 rings (SSSR count). The lowest BCUT2D eigenvalue weighted by atomic mass is 10.0. The number of ether oxygens (including phenoxy) is 1. The molecule has 0 atom stereocenters. The van der Waals surface area contributed by atoms with Gasteiger partial charge in [-0.05, 0) is 39.5 Å². The third kappa shape index (κ3) is 4.29. The molecule has 0 saturated carbocycles. The fraction of sp³-hybridized carbons (Fsp3) is 0.609. The van der Waals surface area contributed by atoms with Crippen molar-refractivity contribution in [1.29, 1.82) is 0 Å². The van der Waals surface area contributed by atoms with Crippen LogP contribution in [0.4, 0.5) is 15.9 Å². The fourth-order valence-corrected chi connectivity index (χ4v) is 5.09. The highest BCUT2D eigenvalue weighted by Crippen LogP contribution is 2.38. The number of nitrogens with two attached hydrogens (primary N) is 1. The van der Waals surface area contributed by atoms with Crippen LogP contribution in [0.2, 0.25) is 0 Å². The fourth-order valence-electron chi connectivity index (χ4n) is 5.09. The lowest BCUT2D eigenvalue weighted by Crippen LogP contribution is -2.40. The number of rotatable bonds is 7. The minimum atomic E-state index is -1.11. The number of piperidine rings is 1. The van der Waals surface area contributed by atoms with E-state index in [0.717, 1.165) is 38.9 Å². The summed E-state index contributed by atoms with van der Waals surface area (Å²) in [6.07, 6.45) is 2.50. The molecule has 1 saturated heterocycles. The molecule has 2 aliphatic rings. The van der Waals surface area contributed by atoms with Gasteiger partial charge in [0.1, 0.15) is 5.65 Å². The predicted octanol–water partition coefficient (Wildman–Crippen LogP) is 1.95. The molecular formula is C23H32FN5O4. The Kier molecular flexibility index (Phi) is 6.32. The molecule has 180 valence electrons. The number of fused-ring (bicyclic) bond motifs is 3. The number of carboxylic acids is 1. The third-order valence-corrected chi connectivity index (χ3v) is 6.93. The first-order valence-electron chi connectivity index (χ1n) is 11.4. The molecule has 0 bridgehead atoms. The summed E-state index contributed by atoms with van der Waals surface area (Å²) in [6, 6.07) is 0.0340. The molecule has 2 aromatic heterocycles. The molecule has 0 aliphatic carbocycles. The summed E-state index contributed by atoms with van der Waals surface area (Å²) in [4.78, 5) is 31.5. The van der Waals surface area contributed by atoms with Gasteiger partial charge in [0.15, 0.2) is 17.1 Å². The smallest absolute Gasteiger partial charge is 0.308 e. The number of aliphatic carboxylic acids is 1. The number of aromatic nitrogens is 2. The zero-order chi connectivity index (χ0) is 23.9. The van der Waals surface area contributed by atoms with Crippen LogP contribution in [0.1, 0.15) is 44.4 Å². The second kappa shape index (κ2) is 8.90. The largest absolute Gasteiger partial charge is 0.481 e. The van der Waals surface area contributed by atoms with Crippen molar-refractivity contribution < 1.29 is 19.0 Å². The molecule has 0 amide bonds. The van der Waals surface area contributed by atoms with E-state index in [1.165, 1.54) is 0 Å². The van der Waals surface area contributed by atoms with E-state index in [9.17, 15) is 14.7 Å². The maximum Gasteiger partial charge on any atom is 0.308 e. The van der Waals surface area contributed by atoms with Crippen molar-refractivity contribution in [3.63, 3.8) is 0 Å². The molecule has 0 radical (unpaired) electrons. The molecule has 2 aliphatic heterocycles. The quantitative estimate of drug-likeness (QED) is 0.572. The molecule has 2 aromatic rings. The summed E-state index contributed by atoms with van der Waals surface area (Å²) in [6.45, 7) is 7.28. The number of methoxy groups -OCH3 is 1. The van der Waals surface area contributed by atoms with Crippen LogP contribution in [0.25, 0.3) is 11.0 Å². The van der Waals surface area contributed by atoms with Crippen LogP contribution in [0.3, 0.4) is 0 Å². The average molecular weight is 462 g/mol. The van der Waals surface area contributed by atoms with Crippen molar-refractivity contribution in [2.24, 2.45) is 0 Å². The number of carbonyl (C=O) groups is 1. The van der Waals surface area contributed by atoms with E-state index in [0.29, 0.717) is 24.4 Å². The number of nitrogen functional groups attached to an aromatic ring is 1. The van der Waals surface area contributed by atoms with Gasteiger partial charge < -0.3 is 30.4 Å². The molecule has 10 heteroatoms. The van der Waals surface area contributed by atoms with E-state index in [-0.39, 0.29) is 28.5 Å². The van der Waals surface area contributed by atoms with Crippen LogP contribution in [0, 0.1) is 5.82 Å². The highest BCUT2D eigenvalue weighted by atomic mass is 19.1. The first-order chi connectivity index (χ1) is 15.6. The number of likely N-dealkylation sites (tertiary alicyclic amines) is 1. The SMILES string of the molecule is COCCN1CCC(Nc2nc3c(c(N)c2F)c(=O)c(CC(=O)O)c2n3C(C)(C)CC2)CC1. The minimum Gasteiger partial charge on any atom is -0.481 e. The Morgan fingerprint density at radius 1 is 1.36 bits per heavy atom. The molecule has 1 fully saturated rings. The molecule has 33 heavy (non-hydrogen) atoms. The Morgan fingerprint density at radius 3 is 2.70 bits per heavy atom. The summed E-state index contributed by atoms with van der Waals surface area (Å²) in [5, 5.41) is 12.5. The number of carboxylic acid groups (broad SMARTS) is 1. The van der Waals surface area contributed by atoms with Gasteiger partial charge in [0.25, 0.3) is 0 Å². The topological polar surface area (TPSA) is 123 Å². The summed E-state index contributed by atoms with van der Waals surface area (Å²) >= 11 is 0. The Balaban J connectivity index is 1.75. The van der Waals surface area contributed by atoms with Gasteiger partial charge >= 0.3 is 5.97 Å². The molecule has 4 heterocycles. The maximum absolute atomic E-state index is 15.3. The van der Waals surface area contributed by atoms with Gasteiger partial charge in [0.2, 0.25) is 0 Å². The van der Waals surface area contributed by atoms with Gasteiger partial charge in [-0.2, -0.15) is 0 Å². The van der Waals surface area contributed by atoms with Crippen molar-refractivity contribution in [1.82, 2.24) is 14.5 Å². The number of hydrogen-bond acceptors (Lipinski definition) is 7. The lowest BCUT2D eigenvalue weighted by molar-refractivity contribution is -0.136. The monoisotopic (exact) mass is 461 g/mol. The van der Waals surface area contributed by atoms with Crippen LogP contribution in [-0.4, -0.2) is 64.9 Å². The summed E-state index contributed by atoms with van der Waals surface area (Å²) < 4.78 is 22.3. The Labute approximate surface area is 191 Å². The van der Waals surface area contributed by atoms with Gasteiger partial charge in [-0.25, -0.2) is 9.37 Å². The van der Waals surface area contributed by atoms with Crippen molar-refractivity contribution >= 4 is 28.5 Å². The van der Waals surface area contributed by atoms with Crippen LogP contribution < -0.4 is 16.5 Å². The van der Waals surface area contributed by atoms with E-state index in [2.05, 4.69) is 15.2 Å². The van der Waals surface area contributed by atoms with E-state index in [4.69, 9.17) is 10.5 Å². The molecule has 0 spiro atoms. The van der Waals surface area contributed by atoms with Crippen LogP contribution in [0.5, 0.6) is 0 Å². The third-order valence-electron chi connectivity index (χ3n) is 6.93. The summed E-state index contributed by atoms with van der Waals surface area (Å²) in [5.74, 6) is -1.83. The normalized spacial score (nSPS) is 18.5. The van der Waals surface area contributed by atoms with E-state index in [1.807, 2.05) is 18.4 Å². The first kappa shape index (κ1) is 23.4. The van der Waals surface area contributed by atoms with E-state index >= 15 is 4.39 Å². The van der Waals surface area contributed by atoms with Crippen LogP contribution in [0.15, 0.2) is 4.79 Å². The Morgan fingerprint density at radius 2 is 2.06 bits per heavy atom.